The lowest BCUT2D eigenvalue weighted by atomic mass is 10.2. The van der Waals surface area contributed by atoms with E-state index in [1.807, 2.05) is 66.4 Å². The third kappa shape index (κ3) is 3.25. The van der Waals surface area contributed by atoms with E-state index in [9.17, 15) is 0 Å². The third-order valence-corrected chi connectivity index (χ3v) is 5.30. The molecule has 1 N–H and O–H groups in total. The Kier molecular flexibility index (Phi) is 4.41. The molecule has 3 nitrogen and oxygen atoms in total. The number of benzene rings is 2. The Morgan fingerprint density at radius 2 is 1.88 bits per heavy atom. The molecule has 4 rings (SSSR count). The highest BCUT2D eigenvalue weighted by Gasteiger charge is 2.19. The summed E-state index contributed by atoms with van der Waals surface area (Å²) in [4.78, 5) is 10.8. The van der Waals surface area contributed by atoms with Gasteiger partial charge in [-0.05, 0) is 42.9 Å². The Balaban J connectivity index is 1.80. The highest BCUT2D eigenvalue weighted by molar-refractivity contribution is 7.99. The fourth-order valence-corrected chi connectivity index (χ4v) is 3.96. The molecular formula is C19H16ClN3S. The summed E-state index contributed by atoms with van der Waals surface area (Å²) in [6.45, 7) is 0. The second-order valence-corrected chi connectivity index (χ2v) is 7.17. The Bertz CT molecular complexity index is 868. The van der Waals surface area contributed by atoms with Gasteiger partial charge in [0.15, 0.2) is 5.82 Å². The maximum atomic E-state index is 6.13. The molecule has 0 radical (unpaired) electrons. The van der Waals surface area contributed by atoms with Gasteiger partial charge in [0.05, 0.1) is 10.6 Å². The van der Waals surface area contributed by atoms with E-state index < -0.39 is 0 Å². The molecule has 2 heterocycles. The third-order valence-electron chi connectivity index (χ3n) is 3.86. The first-order valence-electron chi connectivity index (χ1n) is 7.91. The van der Waals surface area contributed by atoms with E-state index in [-0.39, 0.29) is 0 Å². The molecule has 1 aliphatic rings. The summed E-state index contributed by atoms with van der Waals surface area (Å²) in [6.07, 6.45) is 2.14. The Morgan fingerprint density at radius 3 is 2.71 bits per heavy atom. The van der Waals surface area contributed by atoms with Crippen molar-refractivity contribution in [1.82, 2.24) is 9.97 Å². The van der Waals surface area contributed by atoms with Gasteiger partial charge < -0.3 is 5.32 Å². The lowest BCUT2D eigenvalue weighted by Gasteiger charge is -2.19. The van der Waals surface area contributed by atoms with Gasteiger partial charge in [-0.25, -0.2) is 9.97 Å². The summed E-state index contributed by atoms with van der Waals surface area (Å²) in [5.74, 6) is 2.71. The van der Waals surface area contributed by atoms with Crippen molar-refractivity contribution in [2.24, 2.45) is 0 Å². The van der Waals surface area contributed by atoms with Crippen molar-refractivity contribution in [3.8, 4) is 11.4 Å². The van der Waals surface area contributed by atoms with Crippen molar-refractivity contribution in [3.05, 3.63) is 65.3 Å². The molecule has 5 heteroatoms. The van der Waals surface area contributed by atoms with Gasteiger partial charge in [-0.2, -0.15) is 0 Å². The minimum atomic E-state index is 0.695. The number of para-hydroxylation sites is 1. The van der Waals surface area contributed by atoms with Crippen LogP contribution >= 0.6 is 23.4 Å². The molecule has 1 aliphatic heterocycles. The standard InChI is InChI=1S/C19H16ClN3S/c20-14-7-4-6-13(12-14)18-22-16-10-5-11-24-17(16)19(23-18)21-15-8-2-1-3-9-15/h1-4,6-9,12H,5,10-11H2,(H,21,22,23). The van der Waals surface area contributed by atoms with Gasteiger partial charge in [-0.15, -0.1) is 11.8 Å². The number of hydrogen-bond acceptors (Lipinski definition) is 4. The van der Waals surface area contributed by atoms with Crippen LogP contribution < -0.4 is 5.32 Å². The SMILES string of the molecule is Clc1cccc(-c2nc3c(c(Nc4ccccc4)n2)SCCC3)c1. The smallest absolute Gasteiger partial charge is 0.161 e. The molecule has 0 aliphatic carbocycles. The summed E-state index contributed by atoms with van der Waals surface area (Å²) in [5.41, 5.74) is 3.09. The number of thioether (sulfide) groups is 1. The number of fused-ring (bicyclic) bond motifs is 1. The molecule has 24 heavy (non-hydrogen) atoms. The number of anilines is 2. The van der Waals surface area contributed by atoms with Crippen LogP contribution in [0.25, 0.3) is 11.4 Å². The molecule has 3 aromatic rings. The van der Waals surface area contributed by atoms with E-state index in [1.54, 1.807) is 0 Å². The molecule has 0 atom stereocenters. The number of rotatable bonds is 3. The molecule has 2 aromatic carbocycles. The number of aromatic nitrogens is 2. The fraction of sp³-hybridized carbons (Fsp3) is 0.158. The van der Waals surface area contributed by atoms with E-state index in [1.165, 1.54) is 0 Å². The van der Waals surface area contributed by atoms with Gasteiger partial charge in [0, 0.05) is 16.3 Å². The molecular weight excluding hydrogens is 338 g/mol. The average molecular weight is 354 g/mol. The lowest BCUT2D eigenvalue weighted by Crippen LogP contribution is -2.08. The summed E-state index contributed by atoms with van der Waals surface area (Å²) in [7, 11) is 0. The molecule has 0 spiro atoms. The highest BCUT2D eigenvalue weighted by Crippen LogP contribution is 2.37. The maximum Gasteiger partial charge on any atom is 0.161 e. The quantitative estimate of drug-likeness (QED) is 0.667. The molecule has 0 amide bonds. The van der Waals surface area contributed by atoms with Crippen LogP contribution in [0.1, 0.15) is 12.1 Å². The van der Waals surface area contributed by atoms with Gasteiger partial charge in [0.25, 0.3) is 0 Å². The van der Waals surface area contributed by atoms with Crippen molar-refractivity contribution in [2.75, 3.05) is 11.1 Å². The van der Waals surface area contributed by atoms with Crippen LogP contribution in [0.3, 0.4) is 0 Å². The minimum absolute atomic E-state index is 0.695. The van der Waals surface area contributed by atoms with E-state index in [0.29, 0.717) is 5.02 Å². The van der Waals surface area contributed by atoms with Gasteiger partial charge in [0.1, 0.15) is 5.82 Å². The number of nitrogens with zero attached hydrogens (tertiary/aromatic N) is 2. The molecule has 0 bridgehead atoms. The van der Waals surface area contributed by atoms with Crippen molar-refractivity contribution >= 4 is 34.9 Å². The number of nitrogens with one attached hydrogen (secondary N) is 1. The van der Waals surface area contributed by atoms with Crippen molar-refractivity contribution in [1.29, 1.82) is 0 Å². The van der Waals surface area contributed by atoms with Crippen LogP contribution in [-0.2, 0) is 6.42 Å². The van der Waals surface area contributed by atoms with Crippen molar-refractivity contribution < 1.29 is 0 Å². The largest absolute Gasteiger partial charge is 0.339 e. The lowest BCUT2D eigenvalue weighted by molar-refractivity contribution is 0.834. The normalized spacial score (nSPS) is 13.4. The minimum Gasteiger partial charge on any atom is -0.339 e. The summed E-state index contributed by atoms with van der Waals surface area (Å²) >= 11 is 7.96. The van der Waals surface area contributed by atoms with Gasteiger partial charge in [0.2, 0.25) is 0 Å². The summed E-state index contributed by atoms with van der Waals surface area (Å²) in [6, 6.07) is 17.8. The maximum absolute atomic E-state index is 6.13. The van der Waals surface area contributed by atoms with Gasteiger partial charge >= 0.3 is 0 Å². The highest BCUT2D eigenvalue weighted by atomic mass is 35.5. The predicted octanol–water partition coefficient (Wildman–Crippen LogP) is 5.58. The second-order valence-electron chi connectivity index (χ2n) is 5.63. The molecule has 1 aromatic heterocycles. The van der Waals surface area contributed by atoms with Crippen LogP contribution in [0, 0.1) is 0 Å². The summed E-state index contributed by atoms with van der Waals surface area (Å²) in [5, 5.41) is 4.15. The average Bonchev–Trinajstić information content (AvgIpc) is 2.62. The zero-order valence-corrected chi connectivity index (χ0v) is 14.6. The van der Waals surface area contributed by atoms with E-state index in [0.717, 1.165) is 52.1 Å². The van der Waals surface area contributed by atoms with Crippen molar-refractivity contribution in [3.63, 3.8) is 0 Å². The second kappa shape index (κ2) is 6.83. The summed E-state index contributed by atoms with van der Waals surface area (Å²) < 4.78 is 0. The molecule has 0 unspecified atom stereocenters. The number of hydrogen-bond donors (Lipinski definition) is 1. The van der Waals surface area contributed by atoms with Crippen molar-refractivity contribution in [2.45, 2.75) is 17.7 Å². The molecule has 0 fully saturated rings. The number of halogens is 1. The van der Waals surface area contributed by atoms with Crippen LogP contribution in [0.15, 0.2) is 59.5 Å². The Hall–Kier alpha value is -2.04. The van der Waals surface area contributed by atoms with Gasteiger partial charge in [-0.1, -0.05) is 41.9 Å². The first-order valence-corrected chi connectivity index (χ1v) is 9.28. The Morgan fingerprint density at radius 1 is 1.00 bits per heavy atom. The zero-order chi connectivity index (χ0) is 16.4. The number of aryl methyl sites for hydroxylation is 1. The van der Waals surface area contributed by atoms with Crippen LogP contribution in [0.4, 0.5) is 11.5 Å². The van der Waals surface area contributed by atoms with Crippen LogP contribution in [0.2, 0.25) is 5.02 Å². The van der Waals surface area contributed by atoms with Crippen LogP contribution in [-0.4, -0.2) is 15.7 Å². The molecule has 0 saturated carbocycles. The van der Waals surface area contributed by atoms with E-state index in [2.05, 4.69) is 5.32 Å². The topological polar surface area (TPSA) is 37.8 Å². The first kappa shape index (κ1) is 15.5. The van der Waals surface area contributed by atoms with Crippen LogP contribution in [0.5, 0.6) is 0 Å². The predicted molar refractivity (Wildman–Crippen MR) is 101 cm³/mol. The van der Waals surface area contributed by atoms with E-state index in [4.69, 9.17) is 21.6 Å². The monoisotopic (exact) mass is 353 g/mol. The Labute approximate surface area is 150 Å². The van der Waals surface area contributed by atoms with E-state index >= 15 is 0 Å². The fourth-order valence-electron chi connectivity index (χ4n) is 2.73. The van der Waals surface area contributed by atoms with Gasteiger partial charge in [-0.3, -0.25) is 0 Å². The first-order chi connectivity index (χ1) is 11.8. The zero-order valence-electron chi connectivity index (χ0n) is 13.0. The molecule has 0 saturated heterocycles. The molecule has 120 valence electrons.